The van der Waals surface area contributed by atoms with Crippen molar-refractivity contribution in [1.29, 1.82) is 0 Å². The maximum atomic E-state index is 13.5. The summed E-state index contributed by atoms with van der Waals surface area (Å²) < 4.78 is 36.4. The number of carbonyl (C=O) groups excluding carboxylic acids is 1. The Morgan fingerprint density at radius 1 is 1.10 bits per heavy atom. The highest BCUT2D eigenvalue weighted by atomic mass is 19.2. The van der Waals surface area contributed by atoms with Gasteiger partial charge in [-0.2, -0.15) is 4.39 Å². The summed E-state index contributed by atoms with van der Waals surface area (Å²) >= 11 is 0. The highest BCUT2D eigenvalue weighted by Gasteiger charge is 2.16. The number of nitrogens with two attached hydrogens (primary N) is 1. The van der Waals surface area contributed by atoms with Crippen molar-refractivity contribution in [3.05, 3.63) is 53.6 Å². The first kappa shape index (κ1) is 13.8. The monoisotopic (exact) mass is 279 g/mol. The number of methoxy groups -OCH3 is 1. The van der Waals surface area contributed by atoms with E-state index in [2.05, 4.69) is 4.74 Å². The molecule has 2 N–H and O–H groups in total. The van der Waals surface area contributed by atoms with E-state index in [4.69, 9.17) is 10.5 Å². The van der Waals surface area contributed by atoms with Crippen LogP contribution in [0.1, 0.15) is 10.4 Å². The highest BCUT2D eigenvalue weighted by Crippen LogP contribution is 2.32. The number of hydrogen-bond donors (Lipinski definition) is 1. The summed E-state index contributed by atoms with van der Waals surface area (Å²) in [6.45, 7) is 0. The molecule has 2 aromatic rings. The van der Waals surface area contributed by atoms with Crippen molar-refractivity contribution in [3.63, 3.8) is 0 Å². The van der Waals surface area contributed by atoms with E-state index in [1.165, 1.54) is 37.4 Å². The fourth-order valence-corrected chi connectivity index (χ4v) is 1.60. The van der Waals surface area contributed by atoms with Gasteiger partial charge in [-0.05, 0) is 24.3 Å². The minimum absolute atomic E-state index is 0.0111. The Bertz CT molecular complexity index is 659. The normalized spacial score (nSPS) is 10.2. The Hall–Kier alpha value is -2.63. The SMILES string of the molecule is COC(=O)c1cccc(Oc2cccc(F)c2F)c1N. The van der Waals surface area contributed by atoms with Crippen LogP contribution in [0.3, 0.4) is 0 Å². The van der Waals surface area contributed by atoms with Crippen molar-refractivity contribution >= 4 is 11.7 Å². The minimum atomic E-state index is -1.13. The number of carbonyl (C=O) groups is 1. The van der Waals surface area contributed by atoms with Crippen molar-refractivity contribution in [2.75, 3.05) is 12.8 Å². The average Bonchev–Trinajstić information content (AvgIpc) is 2.45. The van der Waals surface area contributed by atoms with Crippen LogP contribution in [0.4, 0.5) is 14.5 Å². The van der Waals surface area contributed by atoms with E-state index < -0.39 is 17.6 Å². The van der Waals surface area contributed by atoms with Crippen LogP contribution in [0, 0.1) is 11.6 Å². The molecule has 0 atom stereocenters. The Morgan fingerprint density at radius 3 is 2.45 bits per heavy atom. The van der Waals surface area contributed by atoms with Crippen LogP contribution < -0.4 is 10.5 Å². The largest absolute Gasteiger partial charge is 0.465 e. The third kappa shape index (κ3) is 2.54. The minimum Gasteiger partial charge on any atom is -0.465 e. The topological polar surface area (TPSA) is 61.5 Å². The number of nitrogen functional groups attached to an aromatic ring is 1. The maximum Gasteiger partial charge on any atom is 0.340 e. The summed E-state index contributed by atoms with van der Waals surface area (Å²) in [6.07, 6.45) is 0. The molecule has 0 fully saturated rings. The zero-order chi connectivity index (χ0) is 14.7. The Labute approximate surface area is 113 Å². The van der Waals surface area contributed by atoms with Crippen LogP contribution in [0.2, 0.25) is 0 Å². The first-order valence-corrected chi connectivity index (χ1v) is 5.63. The number of rotatable bonds is 3. The standard InChI is InChI=1S/C14H11F2NO3/c1-19-14(18)8-4-2-7-11(13(8)17)20-10-6-3-5-9(15)12(10)16/h2-7H,17H2,1H3. The van der Waals surface area contributed by atoms with Gasteiger partial charge in [-0.3, -0.25) is 0 Å². The number of ether oxygens (including phenoxy) is 2. The molecule has 20 heavy (non-hydrogen) atoms. The number of para-hydroxylation sites is 1. The van der Waals surface area contributed by atoms with Gasteiger partial charge in [0.15, 0.2) is 17.3 Å². The van der Waals surface area contributed by atoms with E-state index in [-0.39, 0.29) is 22.7 Å². The molecule has 0 aliphatic carbocycles. The van der Waals surface area contributed by atoms with Gasteiger partial charge in [0.25, 0.3) is 0 Å². The Morgan fingerprint density at radius 2 is 1.75 bits per heavy atom. The van der Waals surface area contributed by atoms with Crippen LogP contribution in [0.15, 0.2) is 36.4 Å². The zero-order valence-corrected chi connectivity index (χ0v) is 10.5. The number of hydrogen-bond acceptors (Lipinski definition) is 4. The molecule has 0 amide bonds. The molecule has 0 bridgehead atoms. The average molecular weight is 279 g/mol. The van der Waals surface area contributed by atoms with E-state index in [9.17, 15) is 13.6 Å². The predicted octanol–water partition coefficient (Wildman–Crippen LogP) is 3.13. The second-order valence-corrected chi connectivity index (χ2v) is 3.86. The molecular formula is C14H11F2NO3. The molecule has 0 aliphatic heterocycles. The predicted molar refractivity (Wildman–Crippen MR) is 68.6 cm³/mol. The van der Waals surface area contributed by atoms with E-state index >= 15 is 0 Å². The van der Waals surface area contributed by atoms with Crippen molar-refractivity contribution in [1.82, 2.24) is 0 Å². The highest BCUT2D eigenvalue weighted by molar-refractivity contribution is 5.96. The van der Waals surface area contributed by atoms with Gasteiger partial charge in [-0.25, -0.2) is 9.18 Å². The van der Waals surface area contributed by atoms with Gasteiger partial charge in [0, 0.05) is 0 Å². The Balaban J connectivity index is 2.39. The molecule has 0 aromatic heterocycles. The van der Waals surface area contributed by atoms with Gasteiger partial charge in [0.2, 0.25) is 5.82 Å². The maximum absolute atomic E-state index is 13.5. The second-order valence-electron chi connectivity index (χ2n) is 3.86. The lowest BCUT2D eigenvalue weighted by Gasteiger charge is -2.11. The smallest absolute Gasteiger partial charge is 0.340 e. The lowest BCUT2D eigenvalue weighted by Crippen LogP contribution is -2.06. The van der Waals surface area contributed by atoms with Gasteiger partial charge in [0.05, 0.1) is 18.4 Å². The summed E-state index contributed by atoms with van der Waals surface area (Å²) in [5.74, 6) is -3.09. The molecule has 0 aliphatic rings. The summed E-state index contributed by atoms with van der Waals surface area (Å²) in [4.78, 5) is 11.5. The van der Waals surface area contributed by atoms with Crippen molar-refractivity contribution in [3.8, 4) is 11.5 Å². The van der Waals surface area contributed by atoms with Crippen LogP contribution in [0.25, 0.3) is 0 Å². The number of halogens is 2. The molecule has 104 valence electrons. The van der Waals surface area contributed by atoms with E-state index in [0.717, 1.165) is 6.07 Å². The zero-order valence-electron chi connectivity index (χ0n) is 10.5. The van der Waals surface area contributed by atoms with Crippen LogP contribution in [-0.4, -0.2) is 13.1 Å². The van der Waals surface area contributed by atoms with Crippen molar-refractivity contribution in [2.24, 2.45) is 0 Å². The molecular weight excluding hydrogens is 268 g/mol. The van der Waals surface area contributed by atoms with Crippen LogP contribution >= 0.6 is 0 Å². The molecule has 0 spiro atoms. The number of benzene rings is 2. The molecule has 0 heterocycles. The van der Waals surface area contributed by atoms with Crippen LogP contribution in [0.5, 0.6) is 11.5 Å². The molecule has 2 rings (SSSR count). The van der Waals surface area contributed by atoms with E-state index in [0.29, 0.717) is 0 Å². The summed E-state index contributed by atoms with van der Waals surface area (Å²) in [7, 11) is 1.21. The molecule has 0 saturated heterocycles. The Kier molecular flexibility index (Phi) is 3.84. The van der Waals surface area contributed by atoms with Crippen molar-refractivity contribution in [2.45, 2.75) is 0 Å². The summed E-state index contributed by atoms with van der Waals surface area (Å²) in [5.41, 5.74) is 5.83. The third-order valence-electron chi connectivity index (χ3n) is 2.61. The molecule has 0 unspecified atom stereocenters. The fraction of sp³-hybridized carbons (Fsp3) is 0.0714. The first-order chi connectivity index (χ1) is 9.54. The number of esters is 1. The number of anilines is 1. The third-order valence-corrected chi connectivity index (χ3v) is 2.61. The first-order valence-electron chi connectivity index (χ1n) is 5.63. The van der Waals surface area contributed by atoms with Gasteiger partial charge in [0.1, 0.15) is 0 Å². The molecule has 0 saturated carbocycles. The fourth-order valence-electron chi connectivity index (χ4n) is 1.60. The quantitative estimate of drug-likeness (QED) is 0.692. The second kappa shape index (κ2) is 5.56. The molecule has 4 nitrogen and oxygen atoms in total. The van der Waals surface area contributed by atoms with Gasteiger partial charge in [-0.15, -0.1) is 0 Å². The lowest BCUT2D eigenvalue weighted by atomic mass is 10.1. The van der Waals surface area contributed by atoms with Gasteiger partial charge in [-0.1, -0.05) is 12.1 Å². The molecule has 2 aromatic carbocycles. The summed E-state index contributed by atoms with van der Waals surface area (Å²) in [5, 5.41) is 0. The van der Waals surface area contributed by atoms with E-state index in [1.807, 2.05) is 0 Å². The van der Waals surface area contributed by atoms with E-state index in [1.54, 1.807) is 0 Å². The van der Waals surface area contributed by atoms with Crippen LogP contribution in [-0.2, 0) is 4.74 Å². The summed E-state index contributed by atoms with van der Waals surface area (Å²) in [6, 6.07) is 7.89. The lowest BCUT2D eigenvalue weighted by molar-refractivity contribution is 0.0601. The molecule has 6 heteroatoms. The van der Waals surface area contributed by atoms with Crippen molar-refractivity contribution < 1.29 is 23.0 Å². The van der Waals surface area contributed by atoms with Gasteiger partial charge >= 0.3 is 5.97 Å². The molecule has 0 radical (unpaired) electrons. The van der Waals surface area contributed by atoms with Gasteiger partial charge < -0.3 is 15.2 Å².